The van der Waals surface area contributed by atoms with E-state index in [1.165, 1.54) is 0 Å². The van der Waals surface area contributed by atoms with Gasteiger partial charge in [-0.3, -0.25) is 9.69 Å². The molecule has 0 aromatic carbocycles. The van der Waals surface area contributed by atoms with Crippen LogP contribution < -0.4 is 0 Å². The van der Waals surface area contributed by atoms with Gasteiger partial charge in [-0.1, -0.05) is 0 Å². The summed E-state index contributed by atoms with van der Waals surface area (Å²) in [4.78, 5) is 14.4. The molecule has 1 unspecified atom stereocenters. The predicted molar refractivity (Wildman–Crippen MR) is 71.1 cm³/mol. The molecule has 2 rings (SSSR count). The van der Waals surface area contributed by atoms with Gasteiger partial charge in [0.15, 0.2) is 5.78 Å². The van der Waals surface area contributed by atoms with Crippen molar-refractivity contribution in [2.75, 3.05) is 26.8 Å². The van der Waals surface area contributed by atoms with Crippen LogP contribution in [0.2, 0.25) is 0 Å². The quantitative estimate of drug-likeness (QED) is 0.760. The van der Waals surface area contributed by atoms with Crippen LogP contribution in [0.1, 0.15) is 28.2 Å². The van der Waals surface area contributed by atoms with Crippen molar-refractivity contribution in [1.29, 1.82) is 0 Å². The second kappa shape index (κ2) is 5.24. The highest BCUT2D eigenvalue weighted by Crippen LogP contribution is 2.16. The van der Waals surface area contributed by atoms with Gasteiger partial charge in [0.05, 0.1) is 13.2 Å². The molecule has 0 aliphatic carbocycles. The predicted octanol–water partition coefficient (Wildman–Crippen LogP) is 1.55. The minimum Gasteiger partial charge on any atom is -0.380 e. The third-order valence-electron chi connectivity index (χ3n) is 4.00. The van der Waals surface area contributed by atoms with E-state index in [1.54, 1.807) is 0 Å². The number of aromatic nitrogens is 1. The Morgan fingerprint density at radius 3 is 2.78 bits per heavy atom. The number of rotatable bonds is 4. The minimum absolute atomic E-state index is 0.200. The van der Waals surface area contributed by atoms with Crippen LogP contribution >= 0.6 is 0 Å². The van der Waals surface area contributed by atoms with Crippen molar-refractivity contribution in [3.05, 3.63) is 23.0 Å². The molecule has 0 spiro atoms. The zero-order chi connectivity index (χ0) is 13.3. The molecule has 4 nitrogen and oxygen atoms in total. The fourth-order valence-corrected chi connectivity index (χ4v) is 2.45. The summed E-state index contributed by atoms with van der Waals surface area (Å²) in [7, 11) is 4.00. The van der Waals surface area contributed by atoms with Gasteiger partial charge >= 0.3 is 0 Å². The number of Topliss-reactive ketones (excluding diaryl/α,β-unsaturated/α-hetero) is 1. The fourth-order valence-electron chi connectivity index (χ4n) is 2.45. The fraction of sp³-hybridized carbons (Fsp3) is 0.643. The first-order chi connectivity index (χ1) is 8.50. The second-order valence-electron chi connectivity index (χ2n) is 5.20. The molecule has 4 heteroatoms. The third kappa shape index (κ3) is 2.49. The maximum Gasteiger partial charge on any atom is 0.178 e. The average Bonchev–Trinajstić information content (AvgIpc) is 2.94. The molecule has 0 amide bonds. The van der Waals surface area contributed by atoms with E-state index < -0.39 is 0 Å². The lowest BCUT2D eigenvalue weighted by Crippen LogP contribution is -2.36. The molecular weight excluding hydrogens is 228 g/mol. The molecule has 1 aromatic rings. The lowest BCUT2D eigenvalue weighted by atomic mass is 10.1. The largest absolute Gasteiger partial charge is 0.380 e. The van der Waals surface area contributed by atoms with E-state index in [0.29, 0.717) is 12.6 Å². The Morgan fingerprint density at radius 2 is 2.28 bits per heavy atom. The maximum atomic E-state index is 12.3. The Balaban J connectivity index is 2.04. The summed E-state index contributed by atoms with van der Waals surface area (Å²) in [5.74, 6) is 0.200. The van der Waals surface area contributed by atoms with Gasteiger partial charge in [-0.05, 0) is 33.4 Å². The van der Waals surface area contributed by atoms with Crippen LogP contribution in [0, 0.1) is 13.8 Å². The average molecular weight is 250 g/mol. The highest BCUT2D eigenvalue weighted by Gasteiger charge is 2.23. The van der Waals surface area contributed by atoms with Gasteiger partial charge in [0.1, 0.15) is 0 Å². The molecule has 0 bridgehead atoms. The summed E-state index contributed by atoms with van der Waals surface area (Å²) in [5.41, 5.74) is 3.03. The Bertz CT molecular complexity index is 445. The van der Waals surface area contributed by atoms with Gasteiger partial charge in [0.2, 0.25) is 0 Å². The number of likely N-dealkylation sites (N-methyl/N-ethyl adjacent to an activating group) is 1. The number of carbonyl (C=O) groups is 1. The lowest BCUT2D eigenvalue weighted by Gasteiger charge is -2.21. The standard InChI is InChI=1S/C14H22N2O2/c1-10-7-13(11(2)16(10)4)14(17)8-15(3)12-5-6-18-9-12/h7,12H,5-6,8-9H2,1-4H3. The van der Waals surface area contributed by atoms with Crippen LogP contribution in [0.15, 0.2) is 6.07 Å². The second-order valence-corrected chi connectivity index (χ2v) is 5.20. The summed E-state index contributed by atoms with van der Waals surface area (Å²) in [6, 6.07) is 2.37. The van der Waals surface area contributed by atoms with Gasteiger partial charge in [0, 0.05) is 36.6 Å². The molecule has 1 fully saturated rings. The summed E-state index contributed by atoms with van der Waals surface area (Å²) in [5, 5.41) is 0. The molecule has 1 aromatic heterocycles. The molecule has 1 saturated heterocycles. The number of aryl methyl sites for hydroxylation is 1. The SMILES string of the molecule is Cc1cc(C(=O)CN(C)C2CCOC2)c(C)n1C. The summed E-state index contributed by atoms with van der Waals surface area (Å²) < 4.78 is 7.42. The van der Waals surface area contributed by atoms with Gasteiger partial charge in [-0.2, -0.15) is 0 Å². The summed E-state index contributed by atoms with van der Waals surface area (Å²) >= 11 is 0. The molecule has 1 aliphatic heterocycles. The monoisotopic (exact) mass is 250 g/mol. The molecule has 0 saturated carbocycles. The van der Waals surface area contributed by atoms with E-state index in [-0.39, 0.29) is 5.78 Å². The van der Waals surface area contributed by atoms with Crippen LogP contribution in [0.3, 0.4) is 0 Å². The van der Waals surface area contributed by atoms with Crippen molar-refractivity contribution in [3.8, 4) is 0 Å². The van der Waals surface area contributed by atoms with Crippen LogP contribution in [-0.2, 0) is 11.8 Å². The number of hydrogen-bond acceptors (Lipinski definition) is 3. The van der Waals surface area contributed by atoms with Crippen molar-refractivity contribution in [2.45, 2.75) is 26.3 Å². The highest BCUT2D eigenvalue weighted by molar-refractivity contribution is 5.99. The van der Waals surface area contributed by atoms with Gasteiger partial charge in [0.25, 0.3) is 0 Å². The van der Waals surface area contributed by atoms with Gasteiger partial charge in [-0.15, -0.1) is 0 Å². The summed E-state index contributed by atoms with van der Waals surface area (Å²) in [6.07, 6.45) is 1.02. The minimum atomic E-state index is 0.200. The number of ether oxygens (including phenoxy) is 1. The molecule has 2 heterocycles. The van der Waals surface area contributed by atoms with E-state index in [2.05, 4.69) is 9.47 Å². The van der Waals surface area contributed by atoms with Crippen LogP contribution in [0.4, 0.5) is 0 Å². The normalized spacial score (nSPS) is 19.7. The van der Waals surface area contributed by atoms with Gasteiger partial charge < -0.3 is 9.30 Å². The van der Waals surface area contributed by atoms with E-state index in [9.17, 15) is 4.79 Å². The van der Waals surface area contributed by atoms with Crippen molar-refractivity contribution in [3.63, 3.8) is 0 Å². The molecule has 18 heavy (non-hydrogen) atoms. The van der Waals surface area contributed by atoms with Crippen molar-refractivity contribution in [2.24, 2.45) is 7.05 Å². The van der Waals surface area contributed by atoms with E-state index >= 15 is 0 Å². The molecule has 0 radical (unpaired) electrons. The topological polar surface area (TPSA) is 34.5 Å². The smallest absolute Gasteiger partial charge is 0.178 e. The van der Waals surface area contributed by atoms with Crippen LogP contribution in [-0.4, -0.2) is 48.1 Å². The third-order valence-corrected chi connectivity index (χ3v) is 4.00. The first-order valence-corrected chi connectivity index (χ1v) is 6.44. The number of carbonyl (C=O) groups excluding carboxylic acids is 1. The molecule has 1 atom stereocenters. The first-order valence-electron chi connectivity index (χ1n) is 6.44. The Kier molecular flexibility index (Phi) is 3.88. The lowest BCUT2D eigenvalue weighted by molar-refractivity contribution is 0.0906. The zero-order valence-electron chi connectivity index (χ0n) is 11.7. The van der Waals surface area contributed by atoms with Crippen molar-refractivity contribution >= 4 is 5.78 Å². The van der Waals surface area contributed by atoms with Crippen molar-refractivity contribution in [1.82, 2.24) is 9.47 Å². The number of ketones is 1. The number of nitrogens with zero attached hydrogens (tertiary/aromatic N) is 2. The van der Waals surface area contributed by atoms with Crippen LogP contribution in [0.5, 0.6) is 0 Å². The summed E-state index contributed by atoms with van der Waals surface area (Å²) in [6.45, 7) is 6.05. The molecular formula is C14H22N2O2. The van der Waals surface area contributed by atoms with E-state index in [1.807, 2.05) is 34.0 Å². The van der Waals surface area contributed by atoms with E-state index in [4.69, 9.17) is 4.74 Å². The molecule has 100 valence electrons. The van der Waals surface area contributed by atoms with Crippen LogP contribution in [0.25, 0.3) is 0 Å². The Hall–Kier alpha value is -1.13. The Labute approximate surface area is 109 Å². The van der Waals surface area contributed by atoms with Gasteiger partial charge in [-0.25, -0.2) is 0 Å². The highest BCUT2D eigenvalue weighted by atomic mass is 16.5. The first kappa shape index (κ1) is 13.3. The molecule has 1 aliphatic rings. The Morgan fingerprint density at radius 1 is 1.56 bits per heavy atom. The molecule has 0 N–H and O–H groups in total. The maximum absolute atomic E-state index is 12.3. The number of hydrogen-bond donors (Lipinski definition) is 0. The zero-order valence-corrected chi connectivity index (χ0v) is 11.7. The van der Waals surface area contributed by atoms with E-state index in [0.717, 1.165) is 36.6 Å². The van der Waals surface area contributed by atoms with Crippen molar-refractivity contribution < 1.29 is 9.53 Å².